The molecule has 2 atom stereocenters. The van der Waals surface area contributed by atoms with Crippen LogP contribution in [0.1, 0.15) is 6.42 Å². The number of rotatable bonds is 6. The quantitative estimate of drug-likeness (QED) is 0.608. The summed E-state index contributed by atoms with van der Waals surface area (Å²) in [4.78, 5) is 19.1. The molecular formula is C17H21F4N5O. The second-order valence-electron chi connectivity index (χ2n) is 6.68. The zero-order valence-electron chi connectivity index (χ0n) is 14.8. The molecule has 1 aliphatic rings. The van der Waals surface area contributed by atoms with Gasteiger partial charge in [0.15, 0.2) is 0 Å². The van der Waals surface area contributed by atoms with Crippen molar-refractivity contribution in [2.45, 2.75) is 25.7 Å². The standard InChI is InChI=1S/C17H21F4N5O/c1-24(16(21)15(19)20)14(27)9-26-13-6-11(18)2-3-12(13)23-17(26)25-5-4-10(7-22)8-25/h2-3,6,10,15-16H,4-5,7-9,22H2,1H3. The van der Waals surface area contributed by atoms with Crippen molar-refractivity contribution in [1.82, 2.24) is 14.5 Å². The normalized spacial score (nSPS) is 18.5. The number of aromatic nitrogens is 2. The Hall–Kier alpha value is -2.36. The van der Waals surface area contributed by atoms with Crippen LogP contribution in [-0.2, 0) is 11.3 Å². The van der Waals surface area contributed by atoms with E-state index in [4.69, 9.17) is 5.73 Å². The number of hydrogen-bond acceptors (Lipinski definition) is 4. The van der Waals surface area contributed by atoms with Crippen molar-refractivity contribution >= 4 is 22.9 Å². The maximum Gasteiger partial charge on any atom is 0.287 e. The van der Waals surface area contributed by atoms with Crippen LogP contribution in [0.15, 0.2) is 18.2 Å². The van der Waals surface area contributed by atoms with Crippen LogP contribution in [-0.4, -0.2) is 59.8 Å². The average Bonchev–Trinajstić information content (AvgIpc) is 3.25. The van der Waals surface area contributed by atoms with Crippen molar-refractivity contribution in [3.05, 3.63) is 24.0 Å². The average molecular weight is 387 g/mol. The summed E-state index contributed by atoms with van der Waals surface area (Å²) in [5.41, 5.74) is 6.52. The fourth-order valence-corrected chi connectivity index (χ4v) is 3.24. The fraction of sp³-hybridized carbons (Fsp3) is 0.529. The van der Waals surface area contributed by atoms with E-state index in [1.54, 1.807) is 0 Å². The molecule has 0 saturated carbocycles. The van der Waals surface area contributed by atoms with Gasteiger partial charge in [0.05, 0.1) is 11.0 Å². The van der Waals surface area contributed by atoms with Crippen LogP contribution in [0.25, 0.3) is 11.0 Å². The lowest BCUT2D eigenvalue weighted by atomic mass is 10.1. The maximum atomic E-state index is 13.7. The van der Waals surface area contributed by atoms with Crippen molar-refractivity contribution < 1.29 is 22.4 Å². The molecule has 2 N–H and O–H groups in total. The number of carbonyl (C=O) groups is 1. The van der Waals surface area contributed by atoms with Gasteiger partial charge in [-0.2, -0.15) is 0 Å². The number of nitrogens with zero attached hydrogens (tertiary/aromatic N) is 4. The van der Waals surface area contributed by atoms with Crippen LogP contribution in [0.4, 0.5) is 23.5 Å². The number of fused-ring (bicyclic) bond motifs is 1. The molecule has 2 heterocycles. The zero-order chi connectivity index (χ0) is 19.7. The van der Waals surface area contributed by atoms with E-state index in [0.717, 1.165) is 13.5 Å². The van der Waals surface area contributed by atoms with Crippen molar-refractivity contribution in [3.8, 4) is 0 Å². The first kappa shape index (κ1) is 19.4. The van der Waals surface area contributed by atoms with E-state index in [0.29, 0.717) is 41.5 Å². The predicted octanol–water partition coefficient (Wildman–Crippen LogP) is 1.98. The summed E-state index contributed by atoms with van der Waals surface area (Å²) in [6.45, 7) is 1.35. The van der Waals surface area contributed by atoms with E-state index in [1.807, 2.05) is 4.90 Å². The number of carbonyl (C=O) groups excluding carboxylic acids is 1. The molecule has 3 rings (SSSR count). The summed E-state index contributed by atoms with van der Waals surface area (Å²) in [6, 6.07) is 3.94. The van der Waals surface area contributed by atoms with E-state index < -0.39 is 31.0 Å². The Kier molecular flexibility index (Phi) is 5.54. The lowest BCUT2D eigenvalue weighted by Crippen LogP contribution is -2.40. The Morgan fingerprint density at radius 1 is 1.41 bits per heavy atom. The lowest BCUT2D eigenvalue weighted by molar-refractivity contribution is -0.142. The van der Waals surface area contributed by atoms with Gasteiger partial charge < -0.3 is 20.1 Å². The smallest absolute Gasteiger partial charge is 0.287 e. The Morgan fingerprint density at radius 3 is 2.78 bits per heavy atom. The number of likely N-dealkylation sites (N-methyl/N-ethyl adjacent to an activating group) is 1. The number of nitrogens with two attached hydrogens (primary N) is 1. The molecule has 0 aliphatic carbocycles. The van der Waals surface area contributed by atoms with Crippen LogP contribution >= 0.6 is 0 Å². The molecule has 10 heteroatoms. The molecule has 2 aromatic rings. The van der Waals surface area contributed by atoms with E-state index >= 15 is 0 Å². The number of anilines is 1. The molecule has 0 radical (unpaired) electrons. The number of amides is 1. The monoisotopic (exact) mass is 387 g/mol. The second kappa shape index (κ2) is 7.71. The number of hydrogen-bond donors (Lipinski definition) is 1. The Balaban J connectivity index is 1.95. The summed E-state index contributed by atoms with van der Waals surface area (Å²) in [6.07, 6.45) is -5.17. The Bertz CT molecular complexity index is 827. The highest BCUT2D eigenvalue weighted by Crippen LogP contribution is 2.28. The van der Waals surface area contributed by atoms with Crippen molar-refractivity contribution in [2.24, 2.45) is 11.7 Å². The van der Waals surface area contributed by atoms with Gasteiger partial charge in [-0.05, 0) is 37.1 Å². The molecule has 148 valence electrons. The third-order valence-corrected chi connectivity index (χ3v) is 4.86. The van der Waals surface area contributed by atoms with Crippen molar-refractivity contribution in [2.75, 3.05) is 31.6 Å². The molecule has 27 heavy (non-hydrogen) atoms. The topological polar surface area (TPSA) is 67.4 Å². The maximum absolute atomic E-state index is 13.7. The van der Waals surface area contributed by atoms with Gasteiger partial charge in [0, 0.05) is 20.1 Å². The molecule has 1 aromatic heterocycles. The SMILES string of the molecule is CN(C(=O)Cn1c(N2CCC(CN)C2)nc2ccc(F)cc21)C(F)C(F)F. The minimum absolute atomic E-state index is 0.266. The van der Waals surface area contributed by atoms with E-state index in [2.05, 4.69) is 4.98 Å². The molecule has 0 bridgehead atoms. The minimum Gasteiger partial charge on any atom is -0.342 e. The summed E-state index contributed by atoms with van der Waals surface area (Å²) in [5.74, 6) is -0.696. The van der Waals surface area contributed by atoms with Crippen LogP contribution in [0.3, 0.4) is 0 Å². The van der Waals surface area contributed by atoms with Crippen LogP contribution < -0.4 is 10.6 Å². The Morgan fingerprint density at radius 2 is 2.15 bits per heavy atom. The van der Waals surface area contributed by atoms with Gasteiger partial charge in [-0.15, -0.1) is 0 Å². The predicted molar refractivity (Wildman–Crippen MR) is 92.7 cm³/mol. The summed E-state index contributed by atoms with van der Waals surface area (Å²) < 4.78 is 53.8. The fourth-order valence-electron chi connectivity index (χ4n) is 3.24. The van der Waals surface area contributed by atoms with Gasteiger partial charge in [-0.3, -0.25) is 4.79 Å². The van der Waals surface area contributed by atoms with E-state index in [1.165, 1.54) is 22.8 Å². The largest absolute Gasteiger partial charge is 0.342 e. The molecule has 1 aliphatic heterocycles. The second-order valence-corrected chi connectivity index (χ2v) is 6.68. The molecule has 0 spiro atoms. The molecular weight excluding hydrogens is 366 g/mol. The van der Waals surface area contributed by atoms with Crippen molar-refractivity contribution in [3.63, 3.8) is 0 Å². The highest BCUT2D eigenvalue weighted by atomic mass is 19.3. The van der Waals surface area contributed by atoms with Gasteiger partial charge in [0.1, 0.15) is 12.4 Å². The van der Waals surface area contributed by atoms with Gasteiger partial charge in [-0.1, -0.05) is 0 Å². The van der Waals surface area contributed by atoms with E-state index in [-0.39, 0.29) is 5.92 Å². The molecule has 1 saturated heterocycles. The van der Waals surface area contributed by atoms with Gasteiger partial charge in [0.2, 0.25) is 18.2 Å². The van der Waals surface area contributed by atoms with Crippen LogP contribution in [0, 0.1) is 11.7 Å². The van der Waals surface area contributed by atoms with Crippen LogP contribution in [0.2, 0.25) is 0 Å². The lowest BCUT2D eigenvalue weighted by Gasteiger charge is -2.23. The Labute approximate surface area is 153 Å². The first-order valence-electron chi connectivity index (χ1n) is 8.60. The summed E-state index contributed by atoms with van der Waals surface area (Å²) >= 11 is 0. The number of imidazole rings is 1. The minimum atomic E-state index is -3.31. The van der Waals surface area contributed by atoms with Gasteiger partial charge in [-0.25, -0.2) is 22.5 Å². The van der Waals surface area contributed by atoms with Gasteiger partial charge in [0.25, 0.3) is 6.43 Å². The van der Waals surface area contributed by atoms with E-state index in [9.17, 15) is 22.4 Å². The van der Waals surface area contributed by atoms with Crippen LogP contribution in [0.5, 0.6) is 0 Å². The molecule has 2 unspecified atom stereocenters. The summed E-state index contributed by atoms with van der Waals surface area (Å²) in [7, 11) is 0.971. The highest BCUT2D eigenvalue weighted by molar-refractivity contribution is 5.83. The molecule has 1 aromatic carbocycles. The number of halogens is 4. The highest BCUT2D eigenvalue weighted by Gasteiger charge is 2.30. The third kappa shape index (κ3) is 3.85. The van der Waals surface area contributed by atoms with Crippen molar-refractivity contribution in [1.29, 1.82) is 0 Å². The molecule has 6 nitrogen and oxygen atoms in total. The third-order valence-electron chi connectivity index (χ3n) is 4.86. The first-order valence-corrected chi connectivity index (χ1v) is 8.60. The zero-order valence-corrected chi connectivity index (χ0v) is 14.8. The number of benzene rings is 1. The number of alkyl halides is 3. The summed E-state index contributed by atoms with van der Waals surface area (Å²) in [5, 5.41) is 0. The first-order chi connectivity index (χ1) is 12.8. The molecule has 1 fully saturated rings. The molecule has 1 amide bonds. The van der Waals surface area contributed by atoms with Gasteiger partial charge >= 0.3 is 0 Å².